The third-order valence-electron chi connectivity index (χ3n) is 0.816. The molecule has 0 bridgehead atoms. The van der Waals surface area contributed by atoms with Gasteiger partial charge in [-0.15, -0.1) is 11.6 Å². The highest BCUT2D eigenvalue weighted by atomic mass is 35.5. The minimum absolute atomic E-state index is 0.604. The molecule has 0 aliphatic heterocycles. The van der Waals surface area contributed by atoms with Gasteiger partial charge in [-0.05, 0) is 0 Å². The van der Waals surface area contributed by atoms with Crippen LogP contribution in [0.1, 0.15) is 5.69 Å². The molecular weight excluding hydrogens is 126 g/mol. The van der Waals surface area contributed by atoms with Crippen LogP contribution in [0.15, 0.2) is 6.20 Å². The van der Waals surface area contributed by atoms with Crippen molar-refractivity contribution in [3.63, 3.8) is 0 Å². The number of aryl methyl sites for hydroxylation is 1. The molecule has 0 saturated carbocycles. The van der Waals surface area contributed by atoms with Gasteiger partial charge in [0.05, 0.1) is 11.9 Å². The highest BCUT2D eigenvalue weighted by molar-refractivity contribution is 6.17. The summed E-state index contributed by atoms with van der Waals surface area (Å²) in [6.45, 7) is 0. The predicted octanol–water partition coefficient (Wildman–Crippen LogP) is 0.586. The molecule has 1 aromatic heterocycles. The van der Waals surface area contributed by atoms with E-state index in [1.165, 1.54) is 0 Å². The van der Waals surface area contributed by atoms with Crippen LogP contribution in [0, 0.1) is 0 Å². The Morgan fingerprint density at radius 2 is 2.62 bits per heavy atom. The lowest BCUT2D eigenvalue weighted by Gasteiger charge is -1.81. The number of nitrogens with one attached hydrogen (secondary N) is 1. The first-order valence-electron chi connectivity index (χ1n) is 2.34. The summed E-state index contributed by atoms with van der Waals surface area (Å²) in [4.78, 5) is 0. The summed E-state index contributed by atoms with van der Waals surface area (Å²) in [6.07, 6.45) is 2.46. The molecule has 0 saturated heterocycles. The lowest BCUT2D eigenvalue weighted by molar-refractivity contribution is 0.909. The van der Waals surface area contributed by atoms with E-state index in [0.717, 1.165) is 12.1 Å². The van der Waals surface area contributed by atoms with E-state index < -0.39 is 0 Å². The largest absolute Gasteiger partial charge is 0.198 e. The lowest BCUT2D eigenvalue weighted by atomic mass is 10.4. The molecular formula is C4H6ClN3. The molecule has 1 heterocycles. The van der Waals surface area contributed by atoms with E-state index in [9.17, 15) is 0 Å². The topological polar surface area (TPSA) is 41.6 Å². The fraction of sp³-hybridized carbons (Fsp3) is 0.500. The molecule has 3 nitrogen and oxygen atoms in total. The molecule has 8 heavy (non-hydrogen) atoms. The second-order valence-corrected chi connectivity index (χ2v) is 1.78. The number of H-pyrrole nitrogens is 1. The smallest absolute Gasteiger partial charge is 0.0836 e. The van der Waals surface area contributed by atoms with E-state index in [4.69, 9.17) is 11.6 Å². The number of hydrogen-bond acceptors (Lipinski definition) is 2. The van der Waals surface area contributed by atoms with Crippen LogP contribution in [0.4, 0.5) is 0 Å². The van der Waals surface area contributed by atoms with Crippen molar-refractivity contribution in [2.24, 2.45) is 0 Å². The minimum Gasteiger partial charge on any atom is -0.198 e. The molecule has 1 aromatic rings. The van der Waals surface area contributed by atoms with Crippen LogP contribution in [-0.4, -0.2) is 21.3 Å². The fourth-order valence-electron chi connectivity index (χ4n) is 0.443. The molecule has 4 heteroatoms. The van der Waals surface area contributed by atoms with Gasteiger partial charge < -0.3 is 0 Å². The van der Waals surface area contributed by atoms with Gasteiger partial charge >= 0.3 is 0 Å². The first-order chi connectivity index (χ1) is 3.93. The zero-order chi connectivity index (χ0) is 5.82. The van der Waals surface area contributed by atoms with E-state index >= 15 is 0 Å². The monoisotopic (exact) mass is 131 g/mol. The van der Waals surface area contributed by atoms with E-state index in [2.05, 4.69) is 15.4 Å². The zero-order valence-corrected chi connectivity index (χ0v) is 5.02. The Bertz CT molecular complexity index is 137. The molecule has 44 valence electrons. The van der Waals surface area contributed by atoms with Gasteiger partial charge in [-0.25, -0.2) is 0 Å². The van der Waals surface area contributed by atoms with Crippen molar-refractivity contribution in [2.45, 2.75) is 6.42 Å². The Hall–Kier alpha value is -0.570. The predicted molar refractivity (Wildman–Crippen MR) is 30.8 cm³/mol. The van der Waals surface area contributed by atoms with Crippen molar-refractivity contribution in [3.05, 3.63) is 11.9 Å². The van der Waals surface area contributed by atoms with Crippen molar-refractivity contribution >= 4 is 11.6 Å². The Balaban J connectivity index is 2.50. The van der Waals surface area contributed by atoms with Gasteiger partial charge in [-0.2, -0.15) is 15.4 Å². The molecule has 0 fully saturated rings. The highest BCUT2D eigenvalue weighted by Gasteiger charge is 1.90. The Morgan fingerprint density at radius 1 is 1.75 bits per heavy atom. The van der Waals surface area contributed by atoms with Crippen LogP contribution in [0.25, 0.3) is 0 Å². The van der Waals surface area contributed by atoms with Gasteiger partial charge in [0.15, 0.2) is 0 Å². The zero-order valence-electron chi connectivity index (χ0n) is 4.26. The average molecular weight is 132 g/mol. The maximum atomic E-state index is 5.41. The first kappa shape index (κ1) is 5.56. The van der Waals surface area contributed by atoms with Crippen LogP contribution in [-0.2, 0) is 6.42 Å². The maximum absolute atomic E-state index is 5.41. The third kappa shape index (κ3) is 1.20. The second-order valence-electron chi connectivity index (χ2n) is 1.40. The molecule has 0 aliphatic rings. The Kier molecular flexibility index (Phi) is 1.86. The van der Waals surface area contributed by atoms with Crippen molar-refractivity contribution < 1.29 is 0 Å². The van der Waals surface area contributed by atoms with Crippen LogP contribution in [0.3, 0.4) is 0 Å². The summed E-state index contributed by atoms with van der Waals surface area (Å²) in [7, 11) is 0. The number of alkyl halides is 1. The van der Waals surface area contributed by atoms with Gasteiger partial charge in [0.2, 0.25) is 0 Å². The van der Waals surface area contributed by atoms with E-state index in [1.807, 2.05) is 0 Å². The molecule has 1 N–H and O–H groups in total. The molecule has 1 rings (SSSR count). The molecule has 0 spiro atoms. The second kappa shape index (κ2) is 2.67. The van der Waals surface area contributed by atoms with Crippen LogP contribution in [0.2, 0.25) is 0 Å². The van der Waals surface area contributed by atoms with Crippen molar-refractivity contribution in [3.8, 4) is 0 Å². The number of rotatable bonds is 2. The Labute approximate surface area is 52.0 Å². The number of nitrogens with zero attached hydrogens (tertiary/aromatic N) is 2. The van der Waals surface area contributed by atoms with Crippen LogP contribution < -0.4 is 0 Å². The summed E-state index contributed by atoms with van der Waals surface area (Å²) in [6, 6.07) is 0. The summed E-state index contributed by atoms with van der Waals surface area (Å²) in [5, 5.41) is 9.89. The SMILES string of the molecule is ClCCc1cn[nH]n1. The maximum Gasteiger partial charge on any atom is 0.0836 e. The first-order valence-corrected chi connectivity index (χ1v) is 2.87. The molecule has 0 radical (unpaired) electrons. The molecule has 0 unspecified atom stereocenters. The average Bonchev–Trinajstić information content (AvgIpc) is 2.19. The van der Waals surface area contributed by atoms with Gasteiger partial charge in [-0.1, -0.05) is 0 Å². The Morgan fingerprint density at radius 3 is 3.12 bits per heavy atom. The molecule has 0 aromatic carbocycles. The molecule has 0 atom stereocenters. The minimum atomic E-state index is 0.604. The van der Waals surface area contributed by atoms with E-state index in [-0.39, 0.29) is 0 Å². The number of halogens is 1. The molecule has 0 aliphatic carbocycles. The van der Waals surface area contributed by atoms with Gasteiger partial charge in [0.1, 0.15) is 0 Å². The summed E-state index contributed by atoms with van der Waals surface area (Å²) in [5.74, 6) is 0.604. The van der Waals surface area contributed by atoms with Crippen molar-refractivity contribution in [2.75, 3.05) is 5.88 Å². The van der Waals surface area contributed by atoms with Gasteiger partial charge in [-0.3, -0.25) is 0 Å². The lowest BCUT2D eigenvalue weighted by Crippen LogP contribution is -1.84. The normalized spacial score (nSPS) is 9.62. The van der Waals surface area contributed by atoms with Crippen molar-refractivity contribution in [1.29, 1.82) is 0 Å². The van der Waals surface area contributed by atoms with Crippen molar-refractivity contribution in [1.82, 2.24) is 15.4 Å². The standard InChI is InChI=1S/C4H6ClN3/c5-2-1-4-3-6-8-7-4/h3H,1-2H2,(H,6,7,8). The number of aromatic amines is 1. The summed E-state index contributed by atoms with van der Waals surface area (Å²) < 4.78 is 0. The molecule has 0 amide bonds. The van der Waals surface area contributed by atoms with Gasteiger partial charge in [0, 0.05) is 12.3 Å². The highest BCUT2D eigenvalue weighted by Crippen LogP contribution is 1.90. The quantitative estimate of drug-likeness (QED) is 0.597. The van der Waals surface area contributed by atoms with E-state index in [0.29, 0.717) is 5.88 Å². The van der Waals surface area contributed by atoms with E-state index in [1.54, 1.807) is 6.20 Å². The van der Waals surface area contributed by atoms with Crippen LogP contribution >= 0.6 is 11.6 Å². The third-order valence-corrected chi connectivity index (χ3v) is 1.00. The summed E-state index contributed by atoms with van der Waals surface area (Å²) >= 11 is 5.41. The number of hydrogen-bond donors (Lipinski definition) is 1. The summed E-state index contributed by atoms with van der Waals surface area (Å²) in [5.41, 5.74) is 0.917. The number of aromatic nitrogens is 3. The van der Waals surface area contributed by atoms with Gasteiger partial charge in [0.25, 0.3) is 0 Å². The van der Waals surface area contributed by atoms with Crippen LogP contribution in [0.5, 0.6) is 0 Å². The fourth-order valence-corrected chi connectivity index (χ4v) is 0.636.